The summed E-state index contributed by atoms with van der Waals surface area (Å²) >= 11 is 0. The van der Waals surface area contributed by atoms with E-state index >= 15 is 0 Å². The summed E-state index contributed by atoms with van der Waals surface area (Å²) in [6, 6.07) is 24.6. The van der Waals surface area contributed by atoms with Crippen molar-refractivity contribution in [3.05, 3.63) is 90.1 Å². The fraction of sp³-hybridized carbons (Fsp3) is 0.250. The maximum Gasteiger partial charge on any atom is 0.224 e. The van der Waals surface area contributed by atoms with E-state index < -0.39 is 0 Å². The van der Waals surface area contributed by atoms with Crippen molar-refractivity contribution in [1.82, 2.24) is 4.98 Å². The fourth-order valence-corrected chi connectivity index (χ4v) is 3.06. The molecule has 1 heterocycles. The normalized spacial score (nSPS) is 10.7. The molecule has 0 bridgehead atoms. The number of carbonyl (C=O) groups excluding carboxylic acids is 1. The highest BCUT2D eigenvalue weighted by Crippen LogP contribution is 2.19. The standard InChI is InChI=1S/C24H27N3O/c1-19(2)27(18-21-11-7-4-8-12-21)23-15-14-22(17-25-23)26-24(28)16-13-20-9-5-3-6-10-20/h3-12,14-15,17,19H,13,16,18H2,1-2H3,(H,26,28). The summed E-state index contributed by atoms with van der Waals surface area (Å²) < 4.78 is 0. The molecule has 0 fully saturated rings. The maximum absolute atomic E-state index is 12.2. The second kappa shape index (κ2) is 9.70. The highest BCUT2D eigenvalue weighted by molar-refractivity contribution is 5.90. The SMILES string of the molecule is CC(C)N(Cc1ccccc1)c1ccc(NC(=O)CCc2ccccc2)cn1. The Bertz CT molecular complexity index is 861. The first-order chi connectivity index (χ1) is 13.6. The van der Waals surface area contributed by atoms with Gasteiger partial charge in [0.15, 0.2) is 0 Å². The van der Waals surface area contributed by atoms with Crippen LogP contribution in [0.2, 0.25) is 0 Å². The molecule has 1 N–H and O–H groups in total. The van der Waals surface area contributed by atoms with E-state index in [4.69, 9.17) is 0 Å². The monoisotopic (exact) mass is 373 g/mol. The molecule has 3 aromatic rings. The Morgan fingerprint density at radius 1 is 0.929 bits per heavy atom. The van der Waals surface area contributed by atoms with E-state index in [9.17, 15) is 4.79 Å². The Morgan fingerprint density at radius 3 is 2.14 bits per heavy atom. The van der Waals surface area contributed by atoms with E-state index in [0.29, 0.717) is 12.5 Å². The van der Waals surface area contributed by atoms with Gasteiger partial charge in [0.05, 0.1) is 11.9 Å². The smallest absolute Gasteiger partial charge is 0.224 e. The number of amides is 1. The lowest BCUT2D eigenvalue weighted by molar-refractivity contribution is -0.116. The molecule has 0 radical (unpaired) electrons. The molecule has 4 heteroatoms. The third kappa shape index (κ3) is 5.68. The van der Waals surface area contributed by atoms with E-state index in [1.165, 1.54) is 11.1 Å². The first kappa shape index (κ1) is 19.6. The van der Waals surface area contributed by atoms with Crippen LogP contribution in [0.5, 0.6) is 0 Å². The predicted molar refractivity (Wildman–Crippen MR) is 115 cm³/mol. The van der Waals surface area contributed by atoms with Crippen molar-refractivity contribution in [1.29, 1.82) is 0 Å². The van der Waals surface area contributed by atoms with Crippen molar-refractivity contribution in [3.8, 4) is 0 Å². The van der Waals surface area contributed by atoms with Crippen molar-refractivity contribution in [2.75, 3.05) is 10.2 Å². The summed E-state index contributed by atoms with van der Waals surface area (Å²) in [7, 11) is 0. The minimum atomic E-state index is 0.00315. The number of benzene rings is 2. The van der Waals surface area contributed by atoms with E-state index in [2.05, 4.69) is 53.3 Å². The molecular weight excluding hydrogens is 346 g/mol. The first-order valence-electron chi connectivity index (χ1n) is 9.72. The van der Waals surface area contributed by atoms with Crippen LogP contribution in [0.25, 0.3) is 0 Å². The Labute approximate surface area is 167 Å². The molecule has 28 heavy (non-hydrogen) atoms. The molecule has 4 nitrogen and oxygen atoms in total. The zero-order valence-corrected chi connectivity index (χ0v) is 16.5. The number of anilines is 2. The molecule has 1 aromatic heterocycles. The van der Waals surface area contributed by atoms with Crippen LogP contribution in [0.3, 0.4) is 0 Å². The molecule has 0 saturated carbocycles. The number of carbonyl (C=O) groups is 1. The van der Waals surface area contributed by atoms with Crippen molar-refractivity contribution < 1.29 is 4.79 Å². The number of nitrogens with one attached hydrogen (secondary N) is 1. The molecular formula is C24H27N3O. The van der Waals surface area contributed by atoms with Crippen molar-refractivity contribution in [3.63, 3.8) is 0 Å². The summed E-state index contributed by atoms with van der Waals surface area (Å²) in [5.74, 6) is 0.907. The maximum atomic E-state index is 12.2. The molecule has 1 amide bonds. The second-order valence-electron chi connectivity index (χ2n) is 7.15. The number of hydrogen-bond donors (Lipinski definition) is 1. The average Bonchev–Trinajstić information content (AvgIpc) is 2.72. The summed E-state index contributed by atoms with van der Waals surface area (Å²) in [5.41, 5.74) is 3.14. The molecule has 0 aliphatic carbocycles. The summed E-state index contributed by atoms with van der Waals surface area (Å²) in [6.45, 7) is 5.11. The summed E-state index contributed by atoms with van der Waals surface area (Å²) in [6.07, 6.45) is 2.92. The fourth-order valence-electron chi connectivity index (χ4n) is 3.06. The van der Waals surface area contributed by atoms with Gasteiger partial charge in [-0.1, -0.05) is 60.7 Å². The van der Waals surface area contributed by atoms with Crippen molar-refractivity contribution in [2.45, 2.75) is 39.3 Å². The number of pyridine rings is 1. The molecule has 0 atom stereocenters. The van der Waals surface area contributed by atoms with Gasteiger partial charge in [-0.25, -0.2) is 4.98 Å². The second-order valence-corrected chi connectivity index (χ2v) is 7.15. The Morgan fingerprint density at radius 2 is 1.57 bits per heavy atom. The Kier molecular flexibility index (Phi) is 6.79. The number of hydrogen-bond acceptors (Lipinski definition) is 3. The first-order valence-corrected chi connectivity index (χ1v) is 9.72. The average molecular weight is 374 g/mol. The number of aromatic nitrogens is 1. The van der Waals surface area contributed by atoms with Gasteiger partial charge >= 0.3 is 0 Å². The largest absolute Gasteiger partial charge is 0.350 e. The van der Waals surface area contributed by atoms with Crippen LogP contribution in [-0.4, -0.2) is 16.9 Å². The molecule has 3 rings (SSSR count). The van der Waals surface area contributed by atoms with E-state index in [1.807, 2.05) is 48.5 Å². The number of aryl methyl sites for hydroxylation is 1. The van der Waals surface area contributed by atoms with Crippen LogP contribution in [0.4, 0.5) is 11.5 Å². The van der Waals surface area contributed by atoms with Crippen LogP contribution >= 0.6 is 0 Å². The van der Waals surface area contributed by atoms with Crippen LogP contribution in [-0.2, 0) is 17.8 Å². The third-order valence-electron chi connectivity index (χ3n) is 4.63. The van der Waals surface area contributed by atoms with Gasteiger partial charge in [-0.3, -0.25) is 4.79 Å². The minimum absolute atomic E-state index is 0.00315. The van der Waals surface area contributed by atoms with E-state index in [1.54, 1.807) is 6.20 Å². The zero-order chi connectivity index (χ0) is 19.8. The van der Waals surface area contributed by atoms with Gasteiger partial charge in [0, 0.05) is 19.0 Å². The molecule has 144 valence electrons. The van der Waals surface area contributed by atoms with E-state index in [-0.39, 0.29) is 5.91 Å². The van der Waals surface area contributed by atoms with Crippen LogP contribution in [0, 0.1) is 0 Å². The lowest BCUT2D eigenvalue weighted by atomic mass is 10.1. The van der Waals surface area contributed by atoms with Gasteiger partial charge in [0.2, 0.25) is 5.91 Å². The minimum Gasteiger partial charge on any atom is -0.350 e. The number of rotatable bonds is 8. The van der Waals surface area contributed by atoms with Crippen LogP contribution in [0.15, 0.2) is 79.0 Å². The van der Waals surface area contributed by atoms with Crippen molar-refractivity contribution >= 4 is 17.4 Å². The Hall–Kier alpha value is -3.14. The summed E-state index contributed by atoms with van der Waals surface area (Å²) in [4.78, 5) is 19.0. The van der Waals surface area contributed by atoms with Gasteiger partial charge in [0.1, 0.15) is 5.82 Å². The van der Waals surface area contributed by atoms with Gasteiger partial charge in [-0.15, -0.1) is 0 Å². The van der Waals surface area contributed by atoms with Gasteiger partial charge < -0.3 is 10.2 Å². The predicted octanol–water partition coefficient (Wildman–Crippen LogP) is 5.07. The molecule has 0 aliphatic heterocycles. The molecule has 0 unspecified atom stereocenters. The molecule has 0 aliphatic rings. The molecule has 0 spiro atoms. The number of nitrogens with zero attached hydrogens (tertiary/aromatic N) is 2. The third-order valence-corrected chi connectivity index (χ3v) is 4.63. The van der Waals surface area contributed by atoms with Crippen LogP contribution in [0.1, 0.15) is 31.4 Å². The highest BCUT2D eigenvalue weighted by atomic mass is 16.1. The quantitative estimate of drug-likeness (QED) is 0.600. The zero-order valence-electron chi connectivity index (χ0n) is 16.5. The molecule has 2 aromatic carbocycles. The molecule has 0 saturated heterocycles. The van der Waals surface area contributed by atoms with Gasteiger partial charge in [-0.2, -0.15) is 0 Å². The van der Waals surface area contributed by atoms with Crippen molar-refractivity contribution in [2.24, 2.45) is 0 Å². The lowest BCUT2D eigenvalue weighted by Crippen LogP contribution is -2.30. The van der Waals surface area contributed by atoms with Gasteiger partial charge in [-0.05, 0) is 43.5 Å². The van der Waals surface area contributed by atoms with Gasteiger partial charge in [0.25, 0.3) is 0 Å². The highest BCUT2D eigenvalue weighted by Gasteiger charge is 2.13. The topological polar surface area (TPSA) is 45.2 Å². The lowest BCUT2D eigenvalue weighted by Gasteiger charge is -2.28. The Balaban J connectivity index is 1.59. The van der Waals surface area contributed by atoms with Crippen LogP contribution < -0.4 is 10.2 Å². The van der Waals surface area contributed by atoms with E-state index in [0.717, 1.165) is 24.5 Å². The summed E-state index contributed by atoms with van der Waals surface area (Å²) in [5, 5.41) is 2.94.